The minimum atomic E-state index is -0.0278. The van der Waals surface area contributed by atoms with E-state index in [0.29, 0.717) is 6.42 Å². The van der Waals surface area contributed by atoms with Gasteiger partial charge in [0.25, 0.3) is 0 Å². The number of rotatable bonds is 3. The van der Waals surface area contributed by atoms with Crippen molar-refractivity contribution in [1.82, 2.24) is 0 Å². The third-order valence-corrected chi connectivity index (χ3v) is 2.01. The Balaban J connectivity index is 3.32. The third-order valence-electron chi connectivity index (χ3n) is 0.743. The molecule has 0 aromatic rings. The number of hydrogen-bond acceptors (Lipinski definition) is 2. The molecule has 0 aliphatic carbocycles. The van der Waals surface area contributed by atoms with Gasteiger partial charge >= 0.3 is 64.8 Å². The van der Waals surface area contributed by atoms with Crippen LogP contribution in [0, 0.1) is 0 Å². The van der Waals surface area contributed by atoms with Crippen molar-refractivity contribution < 1.29 is 5.11 Å². The van der Waals surface area contributed by atoms with Gasteiger partial charge in [0.1, 0.15) is 0 Å². The molecule has 0 fully saturated rings. The molecule has 1 atom stereocenters. The fourth-order valence-electron chi connectivity index (χ4n) is 0.257. The van der Waals surface area contributed by atoms with Crippen LogP contribution in [-0.2, 0) is 0 Å². The van der Waals surface area contributed by atoms with Gasteiger partial charge in [-0.3, -0.25) is 0 Å². The van der Waals surface area contributed by atoms with E-state index in [4.69, 9.17) is 10.8 Å². The van der Waals surface area contributed by atoms with E-state index in [0.717, 1.165) is 3.32 Å². The van der Waals surface area contributed by atoms with Crippen molar-refractivity contribution in [3.8, 4) is 0 Å². The second-order valence-electron chi connectivity index (χ2n) is 1.44. The normalized spacial score (nSPS) is 13.2. The van der Waals surface area contributed by atoms with Gasteiger partial charge in [0, 0.05) is 0 Å². The Bertz CT molecular complexity index is 86.1. The van der Waals surface area contributed by atoms with E-state index in [1.807, 2.05) is 0 Å². The van der Waals surface area contributed by atoms with Crippen LogP contribution < -0.4 is 5.73 Å². The first-order valence-electron chi connectivity index (χ1n) is 2.25. The zero-order valence-electron chi connectivity index (χ0n) is 4.33. The summed E-state index contributed by atoms with van der Waals surface area (Å²) in [6, 6.07) is -0.0278. The fraction of sp³-hybridized carbons (Fsp3) is 0.750. The van der Waals surface area contributed by atoms with Gasteiger partial charge in [-0.2, -0.15) is 0 Å². The fourth-order valence-corrected chi connectivity index (χ4v) is 0.751. The predicted molar refractivity (Wildman–Crippen MR) is 36.2 cm³/mol. The molecular formula is C4H8NOSe2. The molecule has 0 amide bonds. The van der Waals surface area contributed by atoms with Gasteiger partial charge in [0.15, 0.2) is 0 Å². The van der Waals surface area contributed by atoms with Gasteiger partial charge in [0.05, 0.1) is 0 Å². The maximum atomic E-state index is 8.36. The van der Waals surface area contributed by atoms with Gasteiger partial charge in [-0.05, 0) is 0 Å². The first-order chi connectivity index (χ1) is 3.68. The van der Waals surface area contributed by atoms with Crippen molar-refractivity contribution in [3.63, 3.8) is 0 Å². The van der Waals surface area contributed by atoms with Crippen LogP contribution in [0.1, 0.15) is 6.42 Å². The molecule has 47 valence electrons. The van der Waals surface area contributed by atoms with Crippen LogP contribution in [0.25, 0.3) is 0 Å². The second-order valence-corrected chi connectivity index (χ2v) is 4.59. The van der Waals surface area contributed by atoms with Crippen LogP contribution in [0.15, 0.2) is 0 Å². The molecule has 4 heteroatoms. The van der Waals surface area contributed by atoms with E-state index in [2.05, 4.69) is 31.6 Å². The molecular weight excluding hydrogens is 236 g/mol. The predicted octanol–water partition coefficient (Wildman–Crippen LogP) is -1.84. The van der Waals surface area contributed by atoms with Crippen molar-refractivity contribution in [3.05, 3.63) is 0 Å². The van der Waals surface area contributed by atoms with Crippen LogP contribution >= 0.6 is 0 Å². The third kappa shape index (κ3) is 3.79. The monoisotopic (exact) mass is 246 g/mol. The Hall–Kier alpha value is 0.829. The Morgan fingerprint density at radius 2 is 2.25 bits per heavy atom. The number of nitrogens with two attached hydrogens (primary N) is 1. The molecule has 2 nitrogen and oxygen atoms in total. The van der Waals surface area contributed by atoms with Crippen molar-refractivity contribution >= 4 is 34.9 Å². The van der Waals surface area contributed by atoms with E-state index >= 15 is 0 Å². The molecule has 3 N–H and O–H groups in total. The molecule has 8 heavy (non-hydrogen) atoms. The number of hydrogen-bond donors (Lipinski definition) is 2. The molecule has 0 saturated carbocycles. The molecule has 0 spiro atoms. The minimum absolute atomic E-state index is 0.0278. The van der Waals surface area contributed by atoms with Crippen molar-refractivity contribution in [2.45, 2.75) is 12.5 Å². The summed E-state index contributed by atoms with van der Waals surface area (Å²) in [4.78, 5) is 0. The number of aliphatic hydroxyl groups excluding tert-OH is 1. The van der Waals surface area contributed by atoms with Gasteiger partial charge in [-0.15, -0.1) is 0 Å². The van der Waals surface area contributed by atoms with Crippen molar-refractivity contribution in [1.29, 1.82) is 0 Å². The van der Waals surface area contributed by atoms with Crippen LogP contribution in [0.3, 0.4) is 0 Å². The number of aliphatic hydroxyl groups is 1. The van der Waals surface area contributed by atoms with E-state index in [1.54, 1.807) is 0 Å². The Morgan fingerprint density at radius 1 is 1.75 bits per heavy atom. The molecule has 0 unspecified atom stereocenters. The van der Waals surface area contributed by atoms with Gasteiger partial charge in [0.2, 0.25) is 0 Å². The van der Waals surface area contributed by atoms with Gasteiger partial charge in [-0.1, -0.05) is 0 Å². The topological polar surface area (TPSA) is 46.2 Å². The van der Waals surface area contributed by atoms with E-state index < -0.39 is 0 Å². The summed E-state index contributed by atoms with van der Waals surface area (Å²) in [6.45, 7) is 0.147. The average molecular weight is 244 g/mol. The Morgan fingerprint density at radius 3 is 2.38 bits per heavy atom. The standard InChI is InChI=1S/C4H8NOSe2/c5-3(1-2-6)4(7)8/h3,6H,1-2,5H2/t3-/m0/s1. The molecule has 0 bridgehead atoms. The van der Waals surface area contributed by atoms with E-state index in [-0.39, 0.29) is 12.6 Å². The maximum absolute atomic E-state index is 8.36. The quantitative estimate of drug-likeness (QED) is 0.573. The molecule has 0 aliphatic rings. The van der Waals surface area contributed by atoms with Crippen LogP contribution in [0.2, 0.25) is 0 Å². The summed E-state index contributed by atoms with van der Waals surface area (Å²) >= 11 is 5.50. The Kier molecular flexibility index (Phi) is 5.17. The summed E-state index contributed by atoms with van der Waals surface area (Å²) in [5, 5.41) is 8.36. The van der Waals surface area contributed by atoms with E-state index in [1.165, 1.54) is 0 Å². The summed E-state index contributed by atoms with van der Waals surface area (Å²) in [7, 11) is 0. The Labute approximate surface area is 65.0 Å². The first-order valence-corrected chi connectivity index (χ1v) is 3.97. The molecule has 0 aliphatic heterocycles. The first kappa shape index (κ1) is 8.83. The zero-order valence-corrected chi connectivity index (χ0v) is 7.76. The molecule has 1 radical (unpaired) electrons. The summed E-state index contributed by atoms with van der Waals surface area (Å²) in [5.74, 6) is 0. The summed E-state index contributed by atoms with van der Waals surface area (Å²) < 4.78 is 0.930. The molecule has 0 rings (SSSR count). The molecule has 0 heterocycles. The van der Waals surface area contributed by atoms with Crippen LogP contribution in [-0.4, -0.2) is 52.7 Å². The molecule has 0 aromatic carbocycles. The van der Waals surface area contributed by atoms with Crippen LogP contribution in [0.4, 0.5) is 0 Å². The van der Waals surface area contributed by atoms with Crippen molar-refractivity contribution in [2.75, 3.05) is 6.61 Å². The van der Waals surface area contributed by atoms with Crippen LogP contribution in [0.5, 0.6) is 0 Å². The molecule has 0 aromatic heterocycles. The summed E-state index contributed by atoms with van der Waals surface area (Å²) in [6.07, 6.45) is 0.620. The second kappa shape index (κ2) is 4.68. The molecule has 0 saturated heterocycles. The average Bonchev–Trinajstić information content (AvgIpc) is 1.67. The SMILES string of the molecule is N[C@@H](CCO)C([Se])=[Se]. The summed E-state index contributed by atoms with van der Waals surface area (Å²) in [5.41, 5.74) is 5.47. The van der Waals surface area contributed by atoms with Gasteiger partial charge in [-0.25, -0.2) is 0 Å². The van der Waals surface area contributed by atoms with Crippen molar-refractivity contribution in [2.24, 2.45) is 5.73 Å². The van der Waals surface area contributed by atoms with E-state index in [9.17, 15) is 0 Å². The van der Waals surface area contributed by atoms with Gasteiger partial charge < -0.3 is 0 Å². The zero-order chi connectivity index (χ0) is 6.57.